The summed E-state index contributed by atoms with van der Waals surface area (Å²) >= 11 is 0. The van der Waals surface area contributed by atoms with Crippen LogP contribution in [0, 0.1) is 0 Å². The Balaban J connectivity index is 1.76. The van der Waals surface area contributed by atoms with E-state index in [1.807, 2.05) is 36.4 Å². The number of ether oxygens (including phenoxy) is 1. The topological polar surface area (TPSA) is 56.3 Å². The fourth-order valence-corrected chi connectivity index (χ4v) is 2.23. The summed E-state index contributed by atoms with van der Waals surface area (Å²) in [4.78, 5) is 28.0. The SMILES string of the molecule is O=C(OCC(=O)c1cccc2ccccc12)c1ccccn1. The quantitative estimate of drug-likeness (QED) is 0.547. The fraction of sp³-hybridized carbons (Fsp3) is 0.0556. The number of aromatic nitrogens is 1. The number of rotatable bonds is 4. The van der Waals surface area contributed by atoms with Gasteiger partial charge in [0.05, 0.1) is 0 Å². The van der Waals surface area contributed by atoms with Gasteiger partial charge in [0.25, 0.3) is 0 Å². The Morgan fingerprint density at radius 2 is 1.68 bits per heavy atom. The maximum Gasteiger partial charge on any atom is 0.357 e. The zero-order valence-electron chi connectivity index (χ0n) is 11.7. The molecule has 0 saturated heterocycles. The lowest BCUT2D eigenvalue weighted by atomic mass is 10.0. The van der Waals surface area contributed by atoms with E-state index in [0.717, 1.165) is 10.8 Å². The van der Waals surface area contributed by atoms with Crippen LogP contribution in [0.2, 0.25) is 0 Å². The number of hydrogen-bond acceptors (Lipinski definition) is 4. The molecule has 3 rings (SSSR count). The summed E-state index contributed by atoms with van der Waals surface area (Å²) in [6.07, 6.45) is 1.50. The molecule has 108 valence electrons. The molecule has 4 nitrogen and oxygen atoms in total. The molecule has 4 heteroatoms. The minimum Gasteiger partial charge on any atom is -0.453 e. The first-order valence-electron chi connectivity index (χ1n) is 6.85. The third-order valence-corrected chi connectivity index (χ3v) is 3.30. The Hall–Kier alpha value is -3.01. The monoisotopic (exact) mass is 291 g/mol. The molecule has 0 unspecified atom stereocenters. The number of carbonyl (C=O) groups is 2. The molecule has 0 amide bonds. The van der Waals surface area contributed by atoms with Crippen LogP contribution >= 0.6 is 0 Å². The van der Waals surface area contributed by atoms with Crippen molar-refractivity contribution in [2.24, 2.45) is 0 Å². The van der Waals surface area contributed by atoms with Crippen molar-refractivity contribution in [1.82, 2.24) is 4.98 Å². The highest BCUT2D eigenvalue weighted by molar-refractivity contribution is 6.09. The summed E-state index contributed by atoms with van der Waals surface area (Å²) in [5.41, 5.74) is 0.736. The second kappa shape index (κ2) is 6.18. The molecule has 2 aromatic carbocycles. The van der Waals surface area contributed by atoms with E-state index >= 15 is 0 Å². The van der Waals surface area contributed by atoms with Gasteiger partial charge in [-0.2, -0.15) is 0 Å². The van der Waals surface area contributed by atoms with Crippen molar-refractivity contribution >= 4 is 22.5 Å². The number of benzene rings is 2. The highest BCUT2D eigenvalue weighted by Crippen LogP contribution is 2.19. The van der Waals surface area contributed by atoms with Gasteiger partial charge in [0.15, 0.2) is 6.61 Å². The molecule has 0 radical (unpaired) electrons. The largest absolute Gasteiger partial charge is 0.453 e. The average Bonchev–Trinajstić information content (AvgIpc) is 2.59. The minimum absolute atomic E-state index is 0.188. The highest BCUT2D eigenvalue weighted by Gasteiger charge is 2.14. The molecule has 0 saturated carbocycles. The lowest BCUT2D eigenvalue weighted by Crippen LogP contribution is -2.15. The van der Waals surface area contributed by atoms with Gasteiger partial charge in [0, 0.05) is 11.8 Å². The first-order chi connectivity index (χ1) is 10.8. The van der Waals surface area contributed by atoms with E-state index in [-0.39, 0.29) is 18.1 Å². The van der Waals surface area contributed by atoms with Gasteiger partial charge in [0.1, 0.15) is 5.69 Å². The Morgan fingerprint density at radius 1 is 0.909 bits per heavy atom. The number of nitrogens with zero attached hydrogens (tertiary/aromatic N) is 1. The number of ketones is 1. The standard InChI is InChI=1S/C18H13NO3/c20-17(12-22-18(21)16-10-3-4-11-19-16)15-9-5-7-13-6-1-2-8-14(13)15/h1-11H,12H2. The molecule has 0 atom stereocenters. The van der Waals surface area contributed by atoms with Gasteiger partial charge in [-0.1, -0.05) is 48.5 Å². The first-order valence-corrected chi connectivity index (χ1v) is 6.85. The summed E-state index contributed by atoms with van der Waals surface area (Å²) in [5, 5.41) is 1.83. The molecule has 1 aromatic heterocycles. The normalized spacial score (nSPS) is 10.4. The van der Waals surface area contributed by atoms with Crippen molar-refractivity contribution in [2.75, 3.05) is 6.61 Å². The first kappa shape index (κ1) is 13.9. The number of hydrogen-bond donors (Lipinski definition) is 0. The minimum atomic E-state index is -0.603. The smallest absolute Gasteiger partial charge is 0.357 e. The Kier molecular flexibility index (Phi) is 3.92. The van der Waals surface area contributed by atoms with Crippen LogP contribution in [-0.2, 0) is 4.74 Å². The van der Waals surface area contributed by atoms with Gasteiger partial charge in [0.2, 0.25) is 5.78 Å². The average molecular weight is 291 g/mol. The second-order valence-electron chi connectivity index (χ2n) is 4.74. The Labute approximate surface area is 127 Å². The van der Waals surface area contributed by atoms with Crippen LogP contribution in [0.3, 0.4) is 0 Å². The van der Waals surface area contributed by atoms with E-state index in [1.54, 1.807) is 24.3 Å². The third-order valence-electron chi connectivity index (χ3n) is 3.30. The lowest BCUT2D eigenvalue weighted by molar-refractivity contribution is 0.0469. The molecule has 3 aromatic rings. The molecule has 22 heavy (non-hydrogen) atoms. The van der Waals surface area contributed by atoms with Crippen LogP contribution in [0.4, 0.5) is 0 Å². The molecule has 0 aliphatic carbocycles. The fourth-order valence-electron chi connectivity index (χ4n) is 2.23. The molecule has 0 aliphatic heterocycles. The molecule has 0 N–H and O–H groups in total. The van der Waals surface area contributed by atoms with Gasteiger partial charge in [-0.15, -0.1) is 0 Å². The maximum atomic E-state index is 12.3. The summed E-state index contributed by atoms with van der Waals surface area (Å²) in [7, 11) is 0. The molecule has 0 fully saturated rings. The van der Waals surface area contributed by atoms with E-state index in [9.17, 15) is 9.59 Å². The second-order valence-corrected chi connectivity index (χ2v) is 4.74. The third kappa shape index (κ3) is 2.86. The zero-order valence-corrected chi connectivity index (χ0v) is 11.7. The number of fused-ring (bicyclic) bond motifs is 1. The van der Waals surface area contributed by atoms with Crippen LogP contribution in [0.5, 0.6) is 0 Å². The van der Waals surface area contributed by atoms with E-state index in [2.05, 4.69) is 4.98 Å². The van der Waals surface area contributed by atoms with E-state index in [0.29, 0.717) is 5.56 Å². The molecule has 0 spiro atoms. The number of esters is 1. The lowest BCUT2D eigenvalue weighted by Gasteiger charge is -2.06. The van der Waals surface area contributed by atoms with Gasteiger partial charge in [-0.3, -0.25) is 4.79 Å². The van der Waals surface area contributed by atoms with Gasteiger partial charge in [-0.05, 0) is 22.9 Å². The van der Waals surface area contributed by atoms with Gasteiger partial charge >= 0.3 is 5.97 Å². The van der Waals surface area contributed by atoms with Crippen molar-refractivity contribution in [3.05, 3.63) is 78.1 Å². The number of Topliss-reactive ketones (excluding diaryl/α,β-unsaturated/α-hetero) is 1. The van der Waals surface area contributed by atoms with E-state index in [4.69, 9.17) is 4.74 Å². The summed E-state index contributed by atoms with van der Waals surface area (Å²) in [5.74, 6) is -0.838. The molecule has 1 heterocycles. The highest BCUT2D eigenvalue weighted by atomic mass is 16.5. The number of carbonyl (C=O) groups excluding carboxylic acids is 2. The van der Waals surface area contributed by atoms with Crippen molar-refractivity contribution in [3.63, 3.8) is 0 Å². The van der Waals surface area contributed by atoms with Gasteiger partial charge in [-0.25, -0.2) is 9.78 Å². The predicted molar refractivity (Wildman–Crippen MR) is 82.8 cm³/mol. The van der Waals surface area contributed by atoms with Crippen LogP contribution in [-0.4, -0.2) is 23.3 Å². The van der Waals surface area contributed by atoms with E-state index in [1.165, 1.54) is 6.20 Å². The molecular formula is C18H13NO3. The van der Waals surface area contributed by atoms with Crippen LogP contribution in [0.15, 0.2) is 66.9 Å². The van der Waals surface area contributed by atoms with Crippen molar-refractivity contribution in [3.8, 4) is 0 Å². The van der Waals surface area contributed by atoms with Crippen molar-refractivity contribution in [1.29, 1.82) is 0 Å². The molecule has 0 bridgehead atoms. The molecule has 0 aliphatic rings. The summed E-state index contributed by atoms with van der Waals surface area (Å²) in [6, 6.07) is 18.0. The Morgan fingerprint density at radius 3 is 2.50 bits per heavy atom. The predicted octanol–water partition coefficient (Wildman–Crippen LogP) is 3.27. The summed E-state index contributed by atoms with van der Waals surface area (Å²) in [6.45, 7) is -0.302. The maximum absolute atomic E-state index is 12.3. The number of pyridine rings is 1. The van der Waals surface area contributed by atoms with Crippen molar-refractivity contribution in [2.45, 2.75) is 0 Å². The summed E-state index contributed by atoms with van der Waals surface area (Å²) < 4.78 is 5.04. The van der Waals surface area contributed by atoms with E-state index < -0.39 is 5.97 Å². The Bertz CT molecular complexity index is 823. The zero-order chi connectivity index (χ0) is 15.4. The van der Waals surface area contributed by atoms with Crippen LogP contribution < -0.4 is 0 Å². The molecular weight excluding hydrogens is 278 g/mol. The van der Waals surface area contributed by atoms with Crippen molar-refractivity contribution < 1.29 is 14.3 Å². The van der Waals surface area contributed by atoms with Crippen LogP contribution in [0.25, 0.3) is 10.8 Å². The van der Waals surface area contributed by atoms with Crippen LogP contribution in [0.1, 0.15) is 20.8 Å². The van der Waals surface area contributed by atoms with Gasteiger partial charge < -0.3 is 4.74 Å².